The van der Waals surface area contributed by atoms with E-state index in [0.717, 1.165) is 0 Å². The molecule has 20 heavy (non-hydrogen) atoms. The van der Waals surface area contributed by atoms with Crippen LogP contribution in [0.1, 0.15) is 44.0 Å². The van der Waals surface area contributed by atoms with E-state index in [1.54, 1.807) is 32.4 Å². The van der Waals surface area contributed by atoms with Gasteiger partial charge in [-0.3, -0.25) is 4.79 Å². The van der Waals surface area contributed by atoms with Crippen LogP contribution in [0, 0.1) is 0 Å². The zero-order valence-corrected chi connectivity index (χ0v) is 13.0. The van der Waals surface area contributed by atoms with Crippen molar-refractivity contribution in [2.75, 3.05) is 20.8 Å². The number of benzene rings is 1. The SMILES string of the molecule is CCOC(CC)(CC)C(=O)c1ccc(OC)cc1OC. The minimum absolute atomic E-state index is 0.0381. The molecule has 0 aromatic heterocycles. The Labute approximate surface area is 121 Å². The van der Waals surface area contributed by atoms with Gasteiger partial charge in [0.15, 0.2) is 5.78 Å². The molecule has 112 valence electrons. The van der Waals surface area contributed by atoms with Gasteiger partial charge in [0.25, 0.3) is 0 Å². The molecule has 4 nitrogen and oxygen atoms in total. The maximum atomic E-state index is 12.9. The number of hydrogen-bond acceptors (Lipinski definition) is 4. The van der Waals surface area contributed by atoms with Crippen LogP contribution in [-0.2, 0) is 4.74 Å². The third kappa shape index (κ3) is 3.12. The Kier molecular flexibility index (Phi) is 6.02. The van der Waals surface area contributed by atoms with Crippen LogP contribution in [0.15, 0.2) is 18.2 Å². The van der Waals surface area contributed by atoms with Crippen molar-refractivity contribution in [2.45, 2.75) is 39.2 Å². The van der Waals surface area contributed by atoms with Crippen LogP contribution in [0.5, 0.6) is 11.5 Å². The molecule has 4 heteroatoms. The van der Waals surface area contributed by atoms with Crippen LogP contribution in [0.4, 0.5) is 0 Å². The van der Waals surface area contributed by atoms with Gasteiger partial charge in [-0.15, -0.1) is 0 Å². The van der Waals surface area contributed by atoms with Gasteiger partial charge >= 0.3 is 0 Å². The molecule has 0 bridgehead atoms. The summed E-state index contributed by atoms with van der Waals surface area (Å²) in [4.78, 5) is 12.9. The van der Waals surface area contributed by atoms with E-state index in [-0.39, 0.29) is 5.78 Å². The standard InChI is InChI=1S/C16H24O4/c1-6-16(7-2,20-8-3)15(17)13-10-9-12(18-4)11-14(13)19-5/h9-11H,6-8H2,1-5H3. The highest BCUT2D eigenvalue weighted by atomic mass is 16.5. The normalized spacial score (nSPS) is 11.2. The van der Waals surface area contributed by atoms with E-state index in [0.29, 0.717) is 36.5 Å². The Morgan fingerprint density at radius 2 is 1.75 bits per heavy atom. The van der Waals surface area contributed by atoms with Gasteiger partial charge in [-0.1, -0.05) is 13.8 Å². The quantitative estimate of drug-likeness (QED) is 0.684. The molecule has 1 aromatic rings. The molecule has 0 saturated carbocycles. The maximum Gasteiger partial charge on any atom is 0.198 e. The molecule has 0 fully saturated rings. The fourth-order valence-corrected chi connectivity index (χ4v) is 2.35. The predicted octanol–water partition coefficient (Wildman–Crippen LogP) is 3.48. The molecular weight excluding hydrogens is 256 g/mol. The average molecular weight is 280 g/mol. The molecule has 0 spiro atoms. The van der Waals surface area contributed by atoms with Crippen molar-refractivity contribution in [2.24, 2.45) is 0 Å². The summed E-state index contributed by atoms with van der Waals surface area (Å²) in [5.41, 5.74) is -0.248. The van der Waals surface area contributed by atoms with E-state index in [4.69, 9.17) is 14.2 Å². The summed E-state index contributed by atoms with van der Waals surface area (Å²) in [5.74, 6) is 1.14. The second kappa shape index (κ2) is 7.29. The van der Waals surface area contributed by atoms with Crippen molar-refractivity contribution in [1.29, 1.82) is 0 Å². The highest BCUT2D eigenvalue weighted by Gasteiger charge is 2.37. The molecule has 1 rings (SSSR count). The summed E-state index contributed by atoms with van der Waals surface area (Å²) < 4.78 is 16.2. The van der Waals surface area contributed by atoms with Crippen molar-refractivity contribution in [3.05, 3.63) is 23.8 Å². The molecule has 0 unspecified atom stereocenters. The number of ether oxygens (including phenoxy) is 3. The highest BCUT2D eigenvalue weighted by molar-refractivity contribution is 6.04. The molecule has 0 radical (unpaired) electrons. The number of hydrogen-bond donors (Lipinski definition) is 0. The van der Waals surface area contributed by atoms with E-state index in [9.17, 15) is 4.79 Å². The fourth-order valence-electron chi connectivity index (χ4n) is 2.35. The van der Waals surface area contributed by atoms with Gasteiger partial charge in [-0.2, -0.15) is 0 Å². The summed E-state index contributed by atoms with van der Waals surface area (Å²) in [6, 6.07) is 5.21. The van der Waals surface area contributed by atoms with Crippen molar-refractivity contribution in [3.63, 3.8) is 0 Å². The summed E-state index contributed by atoms with van der Waals surface area (Å²) >= 11 is 0. The first-order chi connectivity index (χ1) is 9.58. The third-order valence-corrected chi connectivity index (χ3v) is 3.63. The monoisotopic (exact) mass is 280 g/mol. The van der Waals surface area contributed by atoms with E-state index >= 15 is 0 Å². The Balaban J connectivity index is 3.24. The minimum atomic E-state index is -0.781. The van der Waals surface area contributed by atoms with Crippen LogP contribution < -0.4 is 9.47 Å². The molecule has 0 aliphatic heterocycles. The molecule has 0 aliphatic carbocycles. The molecule has 0 heterocycles. The zero-order chi connectivity index (χ0) is 15.2. The molecule has 0 N–H and O–H groups in total. The van der Waals surface area contributed by atoms with E-state index in [2.05, 4.69) is 0 Å². The van der Waals surface area contributed by atoms with Gasteiger partial charge < -0.3 is 14.2 Å². The predicted molar refractivity (Wildman–Crippen MR) is 78.8 cm³/mol. The summed E-state index contributed by atoms with van der Waals surface area (Å²) in [7, 11) is 3.13. The van der Waals surface area contributed by atoms with E-state index in [1.165, 1.54) is 0 Å². The first kappa shape index (κ1) is 16.5. The molecule has 0 aliphatic rings. The fraction of sp³-hybridized carbons (Fsp3) is 0.562. The highest BCUT2D eigenvalue weighted by Crippen LogP contribution is 2.32. The van der Waals surface area contributed by atoms with E-state index in [1.807, 2.05) is 20.8 Å². The summed E-state index contributed by atoms with van der Waals surface area (Å²) in [5, 5.41) is 0. The summed E-state index contributed by atoms with van der Waals surface area (Å²) in [6.07, 6.45) is 1.26. The second-order valence-corrected chi connectivity index (χ2v) is 4.53. The molecular formula is C16H24O4. The van der Waals surface area contributed by atoms with Gasteiger partial charge in [0.05, 0.1) is 19.8 Å². The van der Waals surface area contributed by atoms with Crippen molar-refractivity contribution in [3.8, 4) is 11.5 Å². The van der Waals surface area contributed by atoms with Gasteiger partial charge in [0.2, 0.25) is 0 Å². The Morgan fingerprint density at radius 3 is 2.20 bits per heavy atom. The lowest BCUT2D eigenvalue weighted by Gasteiger charge is -2.30. The van der Waals surface area contributed by atoms with Crippen LogP contribution in [0.3, 0.4) is 0 Å². The smallest absolute Gasteiger partial charge is 0.198 e. The maximum absolute atomic E-state index is 12.9. The molecule has 0 amide bonds. The van der Waals surface area contributed by atoms with Crippen molar-refractivity contribution < 1.29 is 19.0 Å². The van der Waals surface area contributed by atoms with Gasteiger partial charge in [0.1, 0.15) is 17.1 Å². The second-order valence-electron chi connectivity index (χ2n) is 4.53. The number of methoxy groups -OCH3 is 2. The first-order valence-corrected chi connectivity index (χ1v) is 6.99. The van der Waals surface area contributed by atoms with Crippen LogP contribution >= 0.6 is 0 Å². The number of carbonyl (C=O) groups is 1. The Bertz CT molecular complexity index is 450. The van der Waals surface area contributed by atoms with Gasteiger partial charge in [-0.05, 0) is 31.9 Å². The molecule has 1 aromatic carbocycles. The zero-order valence-electron chi connectivity index (χ0n) is 13.0. The summed E-state index contributed by atoms with van der Waals surface area (Å²) in [6.45, 7) is 6.34. The number of ketones is 1. The molecule has 0 atom stereocenters. The topological polar surface area (TPSA) is 44.8 Å². The van der Waals surface area contributed by atoms with Crippen molar-refractivity contribution in [1.82, 2.24) is 0 Å². The lowest BCUT2D eigenvalue weighted by Crippen LogP contribution is -2.40. The first-order valence-electron chi connectivity index (χ1n) is 6.99. The largest absolute Gasteiger partial charge is 0.497 e. The van der Waals surface area contributed by atoms with Crippen LogP contribution in [0.2, 0.25) is 0 Å². The Morgan fingerprint density at radius 1 is 1.10 bits per heavy atom. The van der Waals surface area contributed by atoms with Crippen LogP contribution in [-0.4, -0.2) is 32.2 Å². The van der Waals surface area contributed by atoms with Crippen molar-refractivity contribution >= 4 is 5.78 Å². The lowest BCUT2D eigenvalue weighted by molar-refractivity contribution is -0.0252. The van der Waals surface area contributed by atoms with Gasteiger partial charge in [-0.25, -0.2) is 0 Å². The van der Waals surface area contributed by atoms with E-state index < -0.39 is 5.60 Å². The number of rotatable bonds is 8. The third-order valence-electron chi connectivity index (χ3n) is 3.63. The average Bonchev–Trinajstić information content (AvgIpc) is 2.51. The Hall–Kier alpha value is -1.55. The molecule has 0 saturated heterocycles. The number of carbonyl (C=O) groups excluding carboxylic acids is 1. The minimum Gasteiger partial charge on any atom is -0.497 e. The lowest BCUT2D eigenvalue weighted by atomic mass is 9.87. The van der Waals surface area contributed by atoms with Gasteiger partial charge in [0, 0.05) is 12.7 Å². The van der Waals surface area contributed by atoms with Crippen LogP contribution in [0.25, 0.3) is 0 Å². The number of Topliss-reactive ketones (excluding diaryl/α,β-unsaturated/α-hetero) is 1.